The third-order valence-electron chi connectivity index (χ3n) is 9.42. The number of aromatic nitrogens is 4. The van der Waals surface area contributed by atoms with Gasteiger partial charge in [-0.15, -0.1) is 29.7 Å². The fourth-order valence-electron chi connectivity index (χ4n) is 7.10. The molecule has 3 heterocycles. The van der Waals surface area contributed by atoms with Gasteiger partial charge in [0.05, 0.1) is 17.1 Å². The van der Waals surface area contributed by atoms with E-state index in [1.165, 1.54) is 22.5 Å². The van der Waals surface area contributed by atoms with E-state index >= 15 is 0 Å². The number of para-hydroxylation sites is 1. The number of imidazole rings is 1. The zero-order chi connectivity index (χ0) is 36.2. The van der Waals surface area contributed by atoms with Gasteiger partial charge in [-0.1, -0.05) is 114 Å². The molecule has 0 aliphatic heterocycles. The molecule has 0 aliphatic carbocycles. The van der Waals surface area contributed by atoms with Crippen LogP contribution in [0.1, 0.15) is 58.5 Å². The summed E-state index contributed by atoms with van der Waals surface area (Å²) >= 11 is 0. The Morgan fingerprint density at radius 3 is 2.04 bits per heavy atom. The van der Waals surface area contributed by atoms with Crippen LogP contribution in [-0.4, -0.2) is 14.1 Å². The Labute approximate surface area is 326 Å². The Kier molecular flexibility index (Phi) is 9.51. The van der Waals surface area contributed by atoms with Crippen LogP contribution in [0.4, 0.5) is 0 Å². The van der Waals surface area contributed by atoms with Crippen molar-refractivity contribution in [3.8, 4) is 39.8 Å². The summed E-state index contributed by atoms with van der Waals surface area (Å²) in [5, 5.41) is 2.24. The van der Waals surface area contributed by atoms with Crippen molar-refractivity contribution in [3.05, 3.63) is 163 Å². The zero-order valence-electron chi connectivity index (χ0n) is 31.1. The standard InChI is InChI=1S/C47H42N4O.Pt/c1-32-20-27-43(48-30-32)51-41-19-12-11-18-39(41)40-26-25-38(29-42(40)51)52-37-17-13-16-36(28-37)50-31-49(44(46(2,3)4)45(50)47(5,6)7)35-23-21-34(22-24-35)33-14-9-8-10-15-33;/h8-27,30H,1-7H3;/q-2;. The van der Waals surface area contributed by atoms with Crippen LogP contribution in [0.25, 0.3) is 50.1 Å². The molecule has 268 valence electrons. The number of fused-ring (bicyclic) bond motifs is 3. The van der Waals surface area contributed by atoms with E-state index in [2.05, 4.69) is 171 Å². The molecule has 0 bridgehead atoms. The second-order valence-electron chi connectivity index (χ2n) is 15.5. The van der Waals surface area contributed by atoms with Crippen LogP contribution in [0, 0.1) is 25.4 Å². The fourth-order valence-corrected chi connectivity index (χ4v) is 7.10. The van der Waals surface area contributed by atoms with Gasteiger partial charge in [-0.05, 0) is 69.8 Å². The summed E-state index contributed by atoms with van der Waals surface area (Å²) in [7, 11) is 0. The first-order valence-electron chi connectivity index (χ1n) is 17.8. The van der Waals surface area contributed by atoms with E-state index in [4.69, 9.17) is 9.72 Å². The predicted molar refractivity (Wildman–Crippen MR) is 210 cm³/mol. The number of pyridine rings is 1. The summed E-state index contributed by atoms with van der Waals surface area (Å²) in [6.07, 6.45) is 5.64. The molecule has 0 spiro atoms. The number of rotatable bonds is 6. The molecular formula is C47H42N4OPt-2. The third kappa shape index (κ3) is 6.87. The minimum atomic E-state index is -0.199. The SMILES string of the molecule is Cc1ccc(-n2c3[c-]c(Oc4[c-]c(-n5[c-][n+](-c6ccc(-c7ccccc7)cc6)c(C(C)(C)C)c5C(C)(C)C)ccc4)ccc3c3ccccc32)nc1.[Pt]. The van der Waals surface area contributed by atoms with Crippen LogP contribution in [0.15, 0.2) is 128 Å². The normalized spacial score (nSPS) is 11.9. The summed E-state index contributed by atoms with van der Waals surface area (Å²) in [6.45, 7) is 15.6. The maximum atomic E-state index is 6.55. The van der Waals surface area contributed by atoms with E-state index in [1.54, 1.807) is 0 Å². The van der Waals surface area contributed by atoms with E-state index in [9.17, 15) is 0 Å². The van der Waals surface area contributed by atoms with Crippen molar-refractivity contribution in [1.82, 2.24) is 14.1 Å². The van der Waals surface area contributed by atoms with Crippen LogP contribution in [0.5, 0.6) is 11.5 Å². The molecule has 3 aromatic heterocycles. The minimum absolute atomic E-state index is 0. The van der Waals surface area contributed by atoms with Crippen molar-refractivity contribution in [2.45, 2.75) is 59.3 Å². The Morgan fingerprint density at radius 2 is 1.34 bits per heavy atom. The second-order valence-corrected chi connectivity index (χ2v) is 15.5. The van der Waals surface area contributed by atoms with Gasteiger partial charge in [-0.3, -0.25) is 4.57 Å². The smallest absolute Gasteiger partial charge is 0.267 e. The minimum Gasteiger partial charge on any atom is -0.510 e. The van der Waals surface area contributed by atoms with E-state index in [0.717, 1.165) is 44.6 Å². The monoisotopic (exact) mass is 873 g/mol. The predicted octanol–water partition coefficient (Wildman–Crippen LogP) is 11.0. The molecule has 0 saturated heterocycles. The van der Waals surface area contributed by atoms with E-state index in [1.807, 2.05) is 37.4 Å². The van der Waals surface area contributed by atoms with Gasteiger partial charge in [0.1, 0.15) is 5.82 Å². The Hall–Kier alpha value is -5.25. The van der Waals surface area contributed by atoms with Crippen LogP contribution in [0.2, 0.25) is 0 Å². The van der Waals surface area contributed by atoms with Gasteiger partial charge in [0, 0.05) is 44.3 Å². The van der Waals surface area contributed by atoms with Crippen molar-refractivity contribution < 1.29 is 30.4 Å². The van der Waals surface area contributed by atoms with E-state index < -0.39 is 0 Å². The van der Waals surface area contributed by atoms with E-state index in [-0.39, 0.29) is 31.9 Å². The first kappa shape index (κ1) is 36.1. The number of hydrogen-bond donors (Lipinski definition) is 0. The van der Waals surface area contributed by atoms with Crippen molar-refractivity contribution in [3.63, 3.8) is 0 Å². The summed E-state index contributed by atoms with van der Waals surface area (Å²) in [5.74, 6) is 2.05. The van der Waals surface area contributed by atoms with Crippen molar-refractivity contribution in [2.75, 3.05) is 0 Å². The molecule has 0 fully saturated rings. The second kappa shape index (κ2) is 13.9. The van der Waals surface area contributed by atoms with Crippen molar-refractivity contribution >= 4 is 21.8 Å². The van der Waals surface area contributed by atoms with Gasteiger partial charge >= 0.3 is 0 Å². The molecule has 0 amide bonds. The molecule has 0 radical (unpaired) electrons. The molecule has 8 rings (SSSR count). The number of ether oxygens (including phenoxy) is 1. The van der Waals surface area contributed by atoms with Crippen molar-refractivity contribution in [1.29, 1.82) is 0 Å². The fraction of sp³-hybridized carbons (Fsp3) is 0.191. The third-order valence-corrected chi connectivity index (χ3v) is 9.42. The van der Waals surface area contributed by atoms with Crippen LogP contribution in [-0.2, 0) is 31.9 Å². The van der Waals surface area contributed by atoms with Crippen molar-refractivity contribution in [2.24, 2.45) is 0 Å². The Morgan fingerprint density at radius 1 is 0.642 bits per heavy atom. The Bertz CT molecular complexity index is 2550. The number of benzene rings is 5. The number of nitrogens with zero attached hydrogens (tertiary/aromatic N) is 4. The first-order valence-corrected chi connectivity index (χ1v) is 17.8. The van der Waals surface area contributed by atoms with Gasteiger partial charge in [0.2, 0.25) is 0 Å². The average Bonchev–Trinajstić information content (AvgIpc) is 3.71. The zero-order valence-corrected chi connectivity index (χ0v) is 33.4. The molecule has 5 nitrogen and oxygen atoms in total. The number of aryl methyl sites for hydroxylation is 1. The molecule has 6 heteroatoms. The average molecular weight is 874 g/mol. The molecule has 0 saturated carbocycles. The summed E-state index contributed by atoms with van der Waals surface area (Å²) in [6, 6.07) is 49.0. The van der Waals surface area contributed by atoms with Gasteiger partial charge in [0.15, 0.2) is 0 Å². The molecule has 0 N–H and O–H groups in total. The molecule has 8 aromatic rings. The molecular weight excluding hydrogens is 832 g/mol. The molecule has 0 atom stereocenters. The van der Waals surface area contributed by atoms with Crippen LogP contribution < -0.4 is 9.30 Å². The van der Waals surface area contributed by atoms with Crippen LogP contribution >= 0.6 is 0 Å². The maximum absolute atomic E-state index is 6.55. The van der Waals surface area contributed by atoms with Crippen LogP contribution in [0.3, 0.4) is 0 Å². The van der Waals surface area contributed by atoms with Gasteiger partial charge < -0.3 is 13.9 Å². The summed E-state index contributed by atoms with van der Waals surface area (Å²) in [4.78, 5) is 4.76. The maximum Gasteiger partial charge on any atom is 0.267 e. The quantitative estimate of drug-likeness (QED) is 0.123. The summed E-state index contributed by atoms with van der Waals surface area (Å²) < 4.78 is 13.1. The first-order chi connectivity index (χ1) is 25.0. The Balaban J connectivity index is 0.00000435. The largest absolute Gasteiger partial charge is 0.510 e. The molecule has 5 aromatic carbocycles. The van der Waals surface area contributed by atoms with Gasteiger partial charge in [0.25, 0.3) is 6.33 Å². The topological polar surface area (TPSA) is 35.9 Å². The molecule has 0 aliphatic rings. The summed E-state index contributed by atoms with van der Waals surface area (Å²) in [5.41, 5.74) is 9.39. The number of hydrogen-bond acceptors (Lipinski definition) is 2. The van der Waals surface area contributed by atoms with E-state index in [0.29, 0.717) is 11.5 Å². The molecule has 0 unspecified atom stereocenters. The van der Waals surface area contributed by atoms with Gasteiger partial charge in [-0.25, -0.2) is 4.98 Å². The molecule has 53 heavy (non-hydrogen) atoms. The van der Waals surface area contributed by atoms with Gasteiger partial charge in [-0.2, -0.15) is 18.2 Å².